The highest BCUT2D eigenvalue weighted by Crippen LogP contribution is 2.18. The van der Waals surface area contributed by atoms with Crippen LogP contribution in [0.15, 0.2) is 39.2 Å². The molecule has 0 aliphatic carbocycles. The summed E-state index contributed by atoms with van der Waals surface area (Å²) in [6.45, 7) is 4.34. The first-order valence-electron chi connectivity index (χ1n) is 6.04. The molecule has 0 saturated heterocycles. The van der Waals surface area contributed by atoms with Crippen LogP contribution in [0.1, 0.15) is 27.4 Å². The Morgan fingerprint density at radius 2 is 2.00 bits per heavy atom. The van der Waals surface area contributed by atoms with Crippen molar-refractivity contribution >= 4 is 21.8 Å². The highest BCUT2D eigenvalue weighted by atomic mass is 79.9. The monoisotopic (exact) mass is 321 g/mol. The number of carbonyl (C=O) groups excluding carboxylic acids is 1. The van der Waals surface area contributed by atoms with E-state index in [1.807, 2.05) is 44.2 Å². The minimum atomic E-state index is -0.00958. The van der Waals surface area contributed by atoms with E-state index >= 15 is 0 Å². The maximum absolute atomic E-state index is 12.3. The molecule has 0 aliphatic rings. The van der Waals surface area contributed by atoms with Gasteiger partial charge in [-0.1, -0.05) is 15.9 Å². The van der Waals surface area contributed by atoms with Crippen LogP contribution in [0.25, 0.3) is 0 Å². The summed E-state index contributed by atoms with van der Waals surface area (Å²) in [5.74, 6) is 1.64. The molecule has 0 atom stereocenters. The summed E-state index contributed by atoms with van der Waals surface area (Å²) in [5, 5.41) is 0. The Bertz CT molecular complexity index is 604. The second kappa shape index (κ2) is 5.61. The van der Waals surface area contributed by atoms with Gasteiger partial charge in [0, 0.05) is 17.1 Å². The number of amides is 1. The molecule has 4 heteroatoms. The maximum atomic E-state index is 12.3. The summed E-state index contributed by atoms with van der Waals surface area (Å²) in [4.78, 5) is 13.9. The van der Waals surface area contributed by atoms with E-state index in [4.69, 9.17) is 4.42 Å². The number of carbonyl (C=O) groups is 1. The third-order valence-electron chi connectivity index (χ3n) is 2.94. The molecule has 1 aromatic carbocycles. The van der Waals surface area contributed by atoms with E-state index in [1.54, 1.807) is 11.9 Å². The molecule has 2 rings (SSSR count). The average Bonchev–Trinajstić information content (AvgIpc) is 2.77. The number of hydrogen-bond acceptors (Lipinski definition) is 2. The SMILES string of the molecule is Cc1ccc(CN(C)C(=O)c2ccc(Br)c(C)c2)o1. The molecule has 3 nitrogen and oxygen atoms in total. The summed E-state index contributed by atoms with van der Waals surface area (Å²) < 4.78 is 6.49. The first-order chi connectivity index (χ1) is 8.97. The van der Waals surface area contributed by atoms with Gasteiger partial charge in [-0.25, -0.2) is 0 Å². The standard InChI is InChI=1S/C15H16BrNO2/c1-10-8-12(5-7-14(10)16)15(18)17(3)9-13-6-4-11(2)19-13/h4-8H,9H2,1-3H3. The van der Waals surface area contributed by atoms with Crippen LogP contribution in [-0.4, -0.2) is 17.9 Å². The molecule has 0 fully saturated rings. The van der Waals surface area contributed by atoms with Crippen LogP contribution in [0.3, 0.4) is 0 Å². The van der Waals surface area contributed by atoms with Crippen molar-refractivity contribution in [2.24, 2.45) is 0 Å². The number of benzene rings is 1. The molecular weight excluding hydrogens is 306 g/mol. The Kier molecular flexibility index (Phi) is 4.10. The first-order valence-corrected chi connectivity index (χ1v) is 6.83. The Labute approximate surface area is 121 Å². The molecule has 0 unspecified atom stereocenters. The van der Waals surface area contributed by atoms with E-state index in [2.05, 4.69) is 15.9 Å². The smallest absolute Gasteiger partial charge is 0.254 e. The van der Waals surface area contributed by atoms with Crippen molar-refractivity contribution in [3.63, 3.8) is 0 Å². The van der Waals surface area contributed by atoms with Crippen LogP contribution in [0.5, 0.6) is 0 Å². The van der Waals surface area contributed by atoms with Gasteiger partial charge in [0.1, 0.15) is 11.5 Å². The minimum absolute atomic E-state index is 0.00958. The summed E-state index contributed by atoms with van der Waals surface area (Å²) in [6, 6.07) is 9.40. The fourth-order valence-corrected chi connectivity index (χ4v) is 2.12. The zero-order valence-electron chi connectivity index (χ0n) is 11.2. The number of halogens is 1. The zero-order valence-corrected chi connectivity index (χ0v) is 12.8. The Morgan fingerprint density at radius 3 is 2.58 bits per heavy atom. The number of nitrogens with zero attached hydrogens (tertiary/aromatic N) is 1. The molecule has 1 heterocycles. The molecule has 0 aliphatic heterocycles. The summed E-state index contributed by atoms with van der Waals surface area (Å²) in [5.41, 5.74) is 1.74. The van der Waals surface area contributed by atoms with Crippen molar-refractivity contribution < 1.29 is 9.21 Å². The van der Waals surface area contributed by atoms with Crippen molar-refractivity contribution in [1.29, 1.82) is 0 Å². The predicted octanol–water partition coefficient (Wildman–Crippen LogP) is 3.93. The van der Waals surface area contributed by atoms with E-state index < -0.39 is 0 Å². The van der Waals surface area contributed by atoms with E-state index in [9.17, 15) is 4.79 Å². The topological polar surface area (TPSA) is 33.5 Å². The van der Waals surface area contributed by atoms with Gasteiger partial charge >= 0.3 is 0 Å². The van der Waals surface area contributed by atoms with Crippen molar-refractivity contribution in [2.75, 3.05) is 7.05 Å². The number of aryl methyl sites for hydroxylation is 2. The van der Waals surface area contributed by atoms with Crippen LogP contribution in [-0.2, 0) is 6.54 Å². The molecule has 0 N–H and O–H groups in total. The number of hydrogen-bond donors (Lipinski definition) is 0. The lowest BCUT2D eigenvalue weighted by molar-refractivity contribution is 0.0775. The molecular formula is C15H16BrNO2. The second-order valence-electron chi connectivity index (χ2n) is 4.64. The lowest BCUT2D eigenvalue weighted by Crippen LogP contribution is -2.26. The maximum Gasteiger partial charge on any atom is 0.254 e. The number of rotatable bonds is 3. The second-order valence-corrected chi connectivity index (χ2v) is 5.49. The lowest BCUT2D eigenvalue weighted by atomic mass is 10.1. The van der Waals surface area contributed by atoms with Gasteiger partial charge in [0.25, 0.3) is 5.91 Å². The molecule has 100 valence electrons. The van der Waals surface area contributed by atoms with E-state index in [0.717, 1.165) is 21.6 Å². The highest BCUT2D eigenvalue weighted by molar-refractivity contribution is 9.10. The van der Waals surface area contributed by atoms with Crippen molar-refractivity contribution in [1.82, 2.24) is 4.90 Å². The van der Waals surface area contributed by atoms with E-state index in [-0.39, 0.29) is 5.91 Å². The molecule has 0 saturated carbocycles. The van der Waals surface area contributed by atoms with Gasteiger partial charge in [-0.05, 0) is 49.7 Å². The molecule has 1 aromatic heterocycles. The van der Waals surface area contributed by atoms with Crippen LogP contribution in [0, 0.1) is 13.8 Å². The van der Waals surface area contributed by atoms with Gasteiger partial charge in [-0.3, -0.25) is 4.79 Å². The molecule has 2 aromatic rings. The fraction of sp³-hybridized carbons (Fsp3) is 0.267. The minimum Gasteiger partial charge on any atom is -0.464 e. The highest BCUT2D eigenvalue weighted by Gasteiger charge is 2.14. The number of furan rings is 1. The Balaban J connectivity index is 2.12. The zero-order chi connectivity index (χ0) is 14.0. The van der Waals surface area contributed by atoms with Gasteiger partial charge in [-0.15, -0.1) is 0 Å². The van der Waals surface area contributed by atoms with Crippen LogP contribution < -0.4 is 0 Å². The molecule has 19 heavy (non-hydrogen) atoms. The van der Waals surface area contributed by atoms with Gasteiger partial charge in [0.15, 0.2) is 0 Å². The third kappa shape index (κ3) is 3.26. The van der Waals surface area contributed by atoms with Gasteiger partial charge < -0.3 is 9.32 Å². The van der Waals surface area contributed by atoms with Gasteiger partial charge in [-0.2, -0.15) is 0 Å². The molecule has 1 amide bonds. The Morgan fingerprint density at radius 1 is 1.26 bits per heavy atom. The predicted molar refractivity (Wildman–Crippen MR) is 78.1 cm³/mol. The molecule has 0 radical (unpaired) electrons. The van der Waals surface area contributed by atoms with Crippen molar-refractivity contribution in [3.8, 4) is 0 Å². The van der Waals surface area contributed by atoms with Gasteiger partial charge in [0.2, 0.25) is 0 Å². The summed E-state index contributed by atoms with van der Waals surface area (Å²) in [6.07, 6.45) is 0. The lowest BCUT2D eigenvalue weighted by Gasteiger charge is -2.16. The Hall–Kier alpha value is -1.55. The molecule has 0 bridgehead atoms. The van der Waals surface area contributed by atoms with Crippen molar-refractivity contribution in [2.45, 2.75) is 20.4 Å². The largest absolute Gasteiger partial charge is 0.464 e. The van der Waals surface area contributed by atoms with Crippen LogP contribution >= 0.6 is 15.9 Å². The third-order valence-corrected chi connectivity index (χ3v) is 3.83. The first kappa shape index (κ1) is 13.9. The van der Waals surface area contributed by atoms with Crippen molar-refractivity contribution in [3.05, 3.63) is 57.5 Å². The normalized spacial score (nSPS) is 10.5. The fourth-order valence-electron chi connectivity index (χ4n) is 1.87. The van der Waals surface area contributed by atoms with Crippen LogP contribution in [0.4, 0.5) is 0 Å². The average molecular weight is 322 g/mol. The van der Waals surface area contributed by atoms with Crippen LogP contribution in [0.2, 0.25) is 0 Å². The van der Waals surface area contributed by atoms with E-state index in [0.29, 0.717) is 12.1 Å². The molecule has 0 spiro atoms. The summed E-state index contributed by atoms with van der Waals surface area (Å²) >= 11 is 3.43. The summed E-state index contributed by atoms with van der Waals surface area (Å²) in [7, 11) is 1.78. The van der Waals surface area contributed by atoms with E-state index in [1.165, 1.54) is 0 Å². The quantitative estimate of drug-likeness (QED) is 0.858. The van der Waals surface area contributed by atoms with Gasteiger partial charge in [0.05, 0.1) is 6.54 Å².